The molecule has 13 heavy (non-hydrogen) atoms. The first-order valence-corrected chi connectivity index (χ1v) is 5.46. The van der Waals surface area contributed by atoms with Gasteiger partial charge in [-0.05, 0) is 23.1 Å². The highest BCUT2D eigenvalue weighted by Gasteiger charge is 2.18. The van der Waals surface area contributed by atoms with Crippen LogP contribution in [-0.2, 0) is 5.41 Å². The number of hydrogen-bond donors (Lipinski definition) is 0. The molecular formula is C11H14OS. The normalized spacial score (nSPS) is 15.3. The van der Waals surface area contributed by atoms with E-state index < -0.39 is 0 Å². The van der Waals surface area contributed by atoms with E-state index >= 15 is 0 Å². The van der Waals surface area contributed by atoms with Gasteiger partial charge in [0, 0.05) is 0 Å². The summed E-state index contributed by atoms with van der Waals surface area (Å²) in [6.07, 6.45) is 0. The lowest BCUT2D eigenvalue weighted by atomic mass is 9.87. The highest BCUT2D eigenvalue weighted by Crippen LogP contribution is 2.38. The van der Waals surface area contributed by atoms with Crippen LogP contribution in [0.3, 0.4) is 0 Å². The van der Waals surface area contributed by atoms with Gasteiger partial charge < -0.3 is 4.74 Å². The molecule has 70 valence electrons. The minimum absolute atomic E-state index is 0.234. The Kier molecular flexibility index (Phi) is 2.03. The first kappa shape index (κ1) is 8.95. The summed E-state index contributed by atoms with van der Waals surface area (Å²) >= 11 is 1.78. The van der Waals surface area contributed by atoms with E-state index in [1.807, 2.05) is 0 Å². The molecule has 0 radical (unpaired) electrons. The van der Waals surface area contributed by atoms with Crippen molar-refractivity contribution >= 4 is 11.8 Å². The van der Waals surface area contributed by atoms with E-state index in [0.29, 0.717) is 0 Å². The van der Waals surface area contributed by atoms with Crippen LogP contribution in [0, 0.1) is 0 Å². The quantitative estimate of drug-likeness (QED) is 0.626. The number of thioether (sulfide) groups is 1. The Labute approximate surface area is 83.5 Å². The third-order valence-corrected chi connectivity index (χ3v) is 3.10. The molecule has 0 aromatic heterocycles. The van der Waals surface area contributed by atoms with Gasteiger partial charge in [0.1, 0.15) is 11.7 Å². The number of benzene rings is 1. The van der Waals surface area contributed by atoms with Crippen LogP contribution in [0.4, 0.5) is 0 Å². The lowest BCUT2D eigenvalue weighted by molar-refractivity contribution is 0.397. The van der Waals surface area contributed by atoms with Crippen molar-refractivity contribution in [3.63, 3.8) is 0 Å². The fourth-order valence-electron chi connectivity index (χ4n) is 1.36. The Morgan fingerprint density at radius 1 is 1.31 bits per heavy atom. The fourth-order valence-corrected chi connectivity index (χ4v) is 2.16. The van der Waals surface area contributed by atoms with Gasteiger partial charge in [-0.25, -0.2) is 0 Å². The minimum Gasteiger partial charge on any atom is -0.481 e. The van der Waals surface area contributed by atoms with E-state index in [4.69, 9.17) is 4.74 Å². The second-order valence-electron chi connectivity index (χ2n) is 4.32. The summed E-state index contributed by atoms with van der Waals surface area (Å²) in [5.41, 5.74) is 1.61. The van der Waals surface area contributed by atoms with E-state index in [1.54, 1.807) is 11.8 Å². The highest BCUT2D eigenvalue weighted by molar-refractivity contribution is 7.99. The van der Waals surface area contributed by atoms with Crippen molar-refractivity contribution in [3.8, 4) is 5.75 Å². The van der Waals surface area contributed by atoms with Gasteiger partial charge in [-0.2, -0.15) is 0 Å². The van der Waals surface area contributed by atoms with Crippen molar-refractivity contribution in [2.45, 2.75) is 31.1 Å². The summed E-state index contributed by atoms with van der Waals surface area (Å²) in [5, 5.41) is 0. The molecule has 2 heteroatoms. The Balaban J connectivity index is 2.42. The SMILES string of the molecule is CC(C)(C)c1ccc2c(c1)SCO2. The molecular weight excluding hydrogens is 180 g/mol. The largest absolute Gasteiger partial charge is 0.481 e. The Morgan fingerprint density at radius 3 is 2.77 bits per heavy atom. The molecule has 1 aliphatic rings. The van der Waals surface area contributed by atoms with Crippen molar-refractivity contribution < 1.29 is 4.74 Å². The van der Waals surface area contributed by atoms with E-state index in [0.717, 1.165) is 11.7 Å². The molecule has 1 heterocycles. The molecule has 0 atom stereocenters. The zero-order valence-corrected chi connectivity index (χ0v) is 9.07. The van der Waals surface area contributed by atoms with E-state index in [1.165, 1.54) is 10.5 Å². The number of fused-ring (bicyclic) bond motifs is 1. The van der Waals surface area contributed by atoms with Gasteiger partial charge in [0.15, 0.2) is 0 Å². The second kappa shape index (κ2) is 2.95. The third-order valence-electron chi connectivity index (χ3n) is 2.24. The lowest BCUT2D eigenvalue weighted by Gasteiger charge is -2.19. The van der Waals surface area contributed by atoms with Gasteiger partial charge in [-0.1, -0.05) is 38.6 Å². The van der Waals surface area contributed by atoms with Crippen molar-refractivity contribution in [3.05, 3.63) is 23.8 Å². The molecule has 0 saturated heterocycles. The van der Waals surface area contributed by atoms with E-state index in [2.05, 4.69) is 39.0 Å². The van der Waals surface area contributed by atoms with Crippen LogP contribution in [0.1, 0.15) is 26.3 Å². The topological polar surface area (TPSA) is 9.23 Å². The molecule has 0 bridgehead atoms. The van der Waals surface area contributed by atoms with Gasteiger partial charge in [0.25, 0.3) is 0 Å². The fraction of sp³-hybridized carbons (Fsp3) is 0.455. The first-order chi connectivity index (χ1) is 6.07. The van der Waals surface area contributed by atoms with E-state index in [9.17, 15) is 0 Å². The lowest BCUT2D eigenvalue weighted by Crippen LogP contribution is -2.10. The maximum absolute atomic E-state index is 5.43. The number of hydrogen-bond acceptors (Lipinski definition) is 2. The Hall–Kier alpha value is -0.630. The van der Waals surface area contributed by atoms with Crippen molar-refractivity contribution in [1.29, 1.82) is 0 Å². The van der Waals surface area contributed by atoms with Gasteiger partial charge in [0.2, 0.25) is 0 Å². The van der Waals surface area contributed by atoms with E-state index in [-0.39, 0.29) is 5.41 Å². The van der Waals surface area contributed by atoms with Crippen LogP contribution in [-0.4, -0.2) is 5.94 Å². The summed E-state index contributed by atoms with van der Waals surface area (Å²) in [6.45, 7) is 6.69. The summed E-state index contributed by atoms with van der Waals surface area (Å²) in [7, 11) is 0. The van der Waals surface area contributed by atoms with Crippen LogP contribution in [0.25, 0.3) is 0 Å². The predicted octanol–water partition coefficient (Wildman–Crippen LogP) is 3.43. The summed E-state index contributed by atoms with van der Waals surface area (Å²) < 4.78 is 5.43. The molecule has 0 fully saturated rings. The molecule has 1 aliphatic heterocycles. The zero-order chi connectivity index (χ0) is 9.47. The molecule has 0 N–H and O–H groups in total. The Bertz CT molecular complexity index is 325. The predicted molar refractivity (Wildman–Crippen MR) is 56.5 cm³/mol. The number of ether oxygens (including phenoxy) is 1. The average molecular weight is 194 g/mol. The van der Waals surface area contributed by atoms with Crippen molar-refractivity contribution in [1.82, 2.24) is 0 Å². The van der Waals surface area contributed by atoms with Crippen LogP contribution >= 0.6 is 11.8 Å². The Morgan fingerprint density at radius 2 is 2.08 bits per heavy atom. The maximum Gasteiger partial charge on any atom is 0.138 e. The van der Waals surface area contributed by atoms with Crippen LogP contribution in [0.2, 0.25) is 0 Å². The molecule has 1 nitrogen and oxygen atoms in total. The molecule has 2 rings (SSSR count). The van der Waals surface area contributed by atoms with Gasteiger partial charge >= 0.3 is 0 Å². The standard InChI is InChI=1S/C11H14OS/c1-11(2,3)8-4-5-9-10(6-8)13-7-12-9/h4-6H,7H2,1-3H3. The van der Waals surface area contributed by atoms with Crippen LogP contribution < -0.4 is 4.74 Å². The number of rotatable bonds is 0. The molecule has 1 aromatic rings. The smallest absolute Gasteiger partial charge is 0.138 e. The molecule has 1 aromatic carbocycles. The highest BCUT2D eigenvalue weighted by atomic mass is 32.2. The summed E-state index contributed by atoms with van der Waals surface area (Å²) in [4.78, 5) is 1.28. The zero-order valence-electron chi connectivity index (χ0n) is 8.26. The maximum atomic E-state index is 5.43. The second-order valence-corrected chi connectivity index (χ2v) is 5.28. The van der Waals surface area contributed by atoms with Gasteiger partial charge in [0.05, 0.1) is 4.90 Å². The van der Waals surface area contributed by atoms with Gasteiger partial charge in [-0.3, -0.25) is 0 Å². The molecule has 0 saturated carbocycles. The first-order valence-electron chi connectivity index (χ1n) is 4.47. The minimum atomic E-state index is 0.234. The monoisotopic (exact) mass is 194 g/mol. The van der Waals surface area contributed by atoms with Gasteiger partial charge in [-0.15, -0.1) is 0 Å². The molecule has 0 spiro atoms. The molecule has 0 unspecified atom stereocenters. The summed E-state index contributed by atoms with van der Waals surface area (Å²) in [6, 6.07) is 6.48. The van der Waals surface area contributed by atoms with Crippen molar-refractivity contribution in [2.24, 2.45) is 0 Å². The average Bonchev–Trinajstić information content (AvgIpc) is 2.47. The third kappa shape index (κ3) is 1.68. The summed E-state index contributed by atoms with van der Waals surface area (Å²) in [5.74, 6) is 1.81. The van der Waals surface area contributed by atoms with Crippen molar-refractivity contribution in [2.75, 3.05) is 5.94 Å². The molecule has 0 amide bonds. The van der Waals surface area contributed by atoms with Crippen LogP contribution in [0.15, 0.2) is 23.1 Å². The molecule has 0 aliphatic carbocycles. The van der Waals surface area contributed by atoms with Crippen LogP contribution in [0.5, 0.6) is 5.75 Å².